The molecule has 2 aromatic rings. The third-order valence-electron chi connectivity index (χ3n) is 6.08. The van der Waals surface area contributed by atoms with Crippen LogP contribution in [0.1, 0.15) is 34.3 Å². The van der Waals surface area contributed by atoms with Crippen molar-refractivity contribution < 1.29 is 27.4 Å². The summed E-state index contributed by atoms with van der Waals surface area (Å²) < 4.78 is 49.5. The van der Waals surface area contributed by atoms with Gasteiger partial charge < -0.3 is 19.7 Å². The van der Waals surface area contributed by atoms with Crippen LogP contribution in [0.5, 0.6) is 5.75 Å². The summed E-state index contributed by atoms with van der Waals surface area (Å²) >= 11 is 0. The third-order valence-corrected chi connectivity index (χ3v) is 6.08. The number of likely N-dealkylation sites (tertiary alicyclic amines) is 1. The Morgan fingerprint density at radius 3 is 2.13 bits per heavy atom. The van der Waals surface area contributed by atoms with Crippen molar-refractivity contribution in [3.63, 3.8) is 0 Å². The number of ether oxygens (including phenoxy) is 2. The van der Waals surface area contributed by atoms with E-state index in [-0.39, 0.29) is 17.6 Å². The fraction of sp³-hybridized carbons (Fsp3) is 0.435. The number of methoxy groups -OCH3 is 1. The van der Waals surface area contributed by atoms with E-state index in [0.717, 1.165) is 30.8 Å². The Kier molecular flexibility index (Phi) is 5.94. The smallest absolute Gasteiger partial charge is 0.416 e. The summed E-state index contributed by atoms with van der Waals surface area (Å²) in [4.78, 5) is 14.6. The summed E-state index contributed by atoms with van der Waals surface area (Å²) in [5.74, 6) is 0.378. The molecule has 1 amide bonds. The van der Waals surface area contributed by atoms with Gasteiger partial charge in [0.25, 0.3) is 5.91 Å². The van der Waals surface area contributed by atoms with Gasteiger partial charge in [-0.1, -0.05) is 12.1 Å². The minimum atomic E-state index is -4.36. The largest absolute Gasteiger partial charge is 0.490 e. The highest BCUT2D eigenvalue weighted by molar-refractivity contribution is 5.94. The number of nitrogens with zero attached hydrogens (tertiary/aromatic N) is 1. The summed E-state index contributed by atoms with van der Waals surface area (Å²) in [6.45, 7) is 2.59. The number of nitrogens with one attached hydrogen (secondary N) is 1. The third kappa shape index (κ3) is 4.55. The van der Waals surface area contributed by atoms with E-state index in [1.54, 1.807) is 12.0 Å². The molecule has 2 aliphatic rings. The van der Waals surface area contributed by atoms with Gasteiger partial charge in [-0.3, -0.25) is 4.79 Å². The number of rotatable bonds is 5. The van der Waals surface area contributed by atoms with Crippen LogP contribution in [-0.4, -0.2) is 50.2 Å². The van der Waals surface area contributed by atoms with E-state index in [4.69, 9.17) is 9.47 Å². The normalized spacial score (nSPS) is 19.0. The molecule has 2 heterocycles. The van der Waals surface area contributed by atoms with Crippen molar-refractivity contribution in [2.24, 2.45) is 0 Å². The highest BCUT2D eigenvalue weighted by Crippen LogP contribution is 2.31. The van der Waals surface area contributed by atoms with Crippen LogP contribution in [0, 0.1) is 0 Å². The van der Waals surface area contributed by atoms with E-state index in [0.29, 0.717) is 37.2 Å². The van der Waals surface area contributed by atoms with Gasteiger partial charge in [-0.15, -0.1) is 0 Å². The van der Waals surface area contributed by atoms with Crippen molar-refractivity contribution in [3.05, 3.63) is 65.2 Å². The lowest BCUT2D eigenvalue weighted by Gasteiger charge is -2.41. The van der Waals surface area contributed by atoms with Crippen LogP contribution in [0.25, 0.3) is 0 Å². The van der Waals surface area contributed by atoms with Crippen LogP contribution in [0.15, 0.2) is 48.5 Å². The van der Waals surface area contributed by atoms with E-state index in [1.165, 1.54) is 12.1 Å². The maximum atomic E-state index is 12.8. The monoisotopic (exact) mass is 434 g/mol. The van der Waals surface area contributed by atoms with E-state index in [1.807, 2.05) is 24.3 Å². The van der Waals surface area contributed by atoms with Crippen molar-refractivity contribution in [1.29, 1.82) is 0 Å². The molecular weight excluding hydrogens is 409 g/mol. The Bertz CT molecular complexity index is 896. The van der Waals surface area contributed by atoms with Gasteiger partial charge in [-0.05, 0) is 42.0 Å². The molecule has 2 fully saturated rings. The Hall–Kier alpha value is -2.58. The number of amides is 1. The van der Waals surface area contributed by atoms with Gasteiger partial charge >= 0.3 is 6.18 Å². The van der Waals surface area contributed by atoms with Crippen molar-refractivity contribution in [1.82, 2.24) is 10.2 Å². The molecule has 0 saturated carbocycles. The molecule has 0 aliphatic carbocycles. The molecule has 166 valence electrons. The number of carbonyl (C=O) groups excluding carboxylic acids is 1. The molecule has 0 radical (unpaired) electrons. The fourth-order valence-electron chi connectivity index (χ4n) is 4.01. The van der Waals surface area contributed by atoms with E-state index >= 15 is 0 Å². The highest BCUT2D eigenvalue weighted by atomic mass is 19.4. The molecule has 8 heteroatoms. The summed E-state index contributed by atoms with van der Waals surface area (Å²) in [6, 6.07) is 12.3. The molecule has 5 nitrogen and oxygen atoms in total. The standard InChI is InChI=1S/C23H25F3N2O3/c1-30-22(14-27-15-22)17-4-2-16(3-5-17)21(29)28-12-10-20(11-13-28)31-19-8-6-18(7-9-19)23(24,25)26/h2-9,20,27H,10-15H2,1H3. The maximum Gasteiger partial charge on any atom is 0.416 e. The molecule has 31 heavy (non-hydrogen) atoms. The first-order valence-corrected chi connectivity index (χ1v) is 10.3. The number of hydrogen-bond donors (Lipinski definition) is 1. The molecule has 2 aliphatic heterocycles. The molecule has 2 saturated heterocycles. The SMILES string of the molecule is COC1(c2ccc(C(=O)N3CCC(Oc4ccc(C(F)(F)F)cc4)CC3)cc2)CNC1. The molecule has 0 aromatic heterocycles. The Morgan fingerprint density at radius 1 is 1.03 bits per heavy atom. The van der Waals surface area contributed by atoms with Crippen molar-refractivity contribution in [3.8, 4) is 5.75 Å². The minimum Gasteiger partial charge on any atom is -0.490 e. The van der Waals surface area contributed by atoms with Crippen molar-refractivity contribution >= 4 is 5.91 Å². The number of benzene rings is 2. The van der Waals surface area contributed by atoms with E-state index < -0.39 is 11.7 Å². The minimum absolute atomic E-state index is 0.0299. The quantitative estimate of drug-likeness (QED) is 0.777. The van der Waals surface area contributed by atoms with E-state index in [9.17, 15) is 18.0 Å². The second-order valence-corrected chi connectivity index (χ2v) is 8.01. The lowest BCUT2D eigenvalue weighted by molar-refractivity contribution is -0.137. The predicted molar refractivity (Wildman–Crippen MR) is 109 cm³/mol. The second kappa shape index (κ2) is 8.51. The lowest BCUT2D eigenvalue weighted by atomic mass is 9.87. The fourth-order valence-corrected chi connectivity index (χ4v) is 4.01. The molecule has 0 spiro atoms. The molecule has 0 bridgehead atoms. The molecular formula is C23H25F3N2O3. The van der Waals surface area contributed by atoms with Gasteiger partial charge in [0.15, 0.2) is 0 Å². The van der Waals surface area contributed by atoms with Crippen LogP contribution >= 0.6 is 0 Å². The molecule has 0 atom stereocenters. The zero-order valence-electron chi connectivity index (χ0n) is 17.2. The molecule has 1 N–H and O–H groups in total. The summed E-state index contributed by atoms with van der Waals surface area (Å²) in [5, 5.41) is 3.21. The summed E-state index contributed by atoms with van der Waals surface area (Å²) in [5.41, 5.74) is 0.671. The first-order chi connectivity index (χ1) is 14.8. The first-order valence-electron chi connectivity index (χ1n) is 10.3. The highest BCUT2D eigenvalue weighted by Gasteiger charge is 2.38. The number of hydrogen-bond acceptors (Lipinski definition) is 4. The molecule has 2 aromatic carbocycles. The second-order valence-electron chi connectivity index (χ2n) is 8.01. The lowest BCUT2D eigenvalue weighted by Crippen LogP contribution is -2.57. The van der Waals surface area contributed by atoms with E-state index in [2.05, 4.69) is 5.32 Å². The zero-order valence-corrected chi connectivity index (χ0v) is 17.2. The van der Waals surface area contributed by atoms with Crippen LogP contribution in [0.4, 0.5) is 13.2 Å². The van der Waals surface area contributed by atoms with Gasteiger partial charge in [0.2, 0.25) is 0 Å². The van der Waals surface area contributed by atoms with Gasteiger partial charge in [0, 0.05) is 51.7 Å². The van der Waals surface area contributed by atoms with Crippen LogP contribution in [-0.2, 0) is 16.5 Å². The Morgan fingerprint density at radius 2 is 1.65 bits per heavy atom. The zero-order chi connectivity index (χ0) is 22.1. The van der Waals surface area contributed by atoms with Crippen molar-refractivity contribution in [2.45, 2.75) is 30.7 Å². The maximum absolute atomic E-state index is 12.8. The number of alkyl halides is 3. The van der Waals surface area contributed by atoms with Crippen LogP contribution < -0.4 is 10.1 Å². The average molecular weight is 434 g/mol. The summed E-state index contributed by atoms with van der Waals surface area (Å²) in [7, 11) is 1.69. The first kappa shape index (κ1) is 21.6. The predicted octanol–water partition coefficient (Wildman–Crippen LogP) is 3.83. The topological polar surface area (TPSA) is 50.8 Å². The van der Waals surface area contributed by atoms with Gasteiger partial charge in [-0.2, -0.15) is 13.2 Å². The Balaban J connectivity index is 1.31. The van der Waals surface area contributed by atoms with Crippen molar-refractivity contribution in [2.75, 3.05) is 33.3 Å². The van der Waals surface area contributed by atoms with Gasteiger partial charge in [0.1, 0.15) is 17.5 Å². The Labute approximate surface area is 179 Å². The number of piperidine rings is 1. The average Bonchev–Trinajstić information content (AvgIpc) is 2.74. The number of carbonyl (C=O) groups is 1. The van der Waals surface area contributed by atoms with Crippen LogP contribution in [0.2, 0.25) is 0 Å². The summed E-state index contributed by atoms with van der Waals surface area (Å²) in [6.07, 6.45) is -3.23. The van der Waals surface area contributed by atoms with Crippen LogP contribution in [0.3, 0.4) is 0 Å². The molecule has 0 unspecified atom stereocenters. The number of halogens is 3. The molecule has 4 rings (SSSR count). The van der Waals surface area contributed by atoms with Gasteiger partial charge in [-0.25, -0.2) is 0 Å². The van der Waals surface area contributed by atoms with Gasteiger partial charge in [0.05, 0.1) is 5.56 Å².